The first-order valence-corrected chi connectivity index (χ1v) is 6.43. The average Bonchev–Trinajstić information content (AvgIpc) is 2.36. The Hall–Kier alpha value is -1.58. The van der Waals surface area contributed by atoms with Crippen LogP contribution in [0.4, 0.5) is 5.69 Å². The van der Waals surface area contributed by atoms with Gasteiger partial charge in [0.2, 0.25) is 0 Å². The van der Waals surface area contributed by atoms with Crippen molar-refractivity contribution in [1.82, 2.24) is 4.98 Å². The van der Waals surface area contributed by atoms with E-state index in [-0.39, 0.29) is 5.91 Å². The number of halogens is 2. The maximum Gasteiger partial charge on any atom is 0.255 e. The Kier molecular flexibility index (Phi) is 4.08. The topological polar surface area (TPSA) is 42.0 Å². The third-order valence-electron chi connectivity index (χ3n) is 2.73. The summed E-state index contributed by atoms with van der Waals surface area (Å²) >= 11 is 11.8. The zero-order valence-electron chi connectivity index (χ0n) is 10.5. The lowest BCUT2D eigenvalue weighted by Crippen LogP contribution is -2.13. The number of benzene rings is 1. The molecule has 0 spiro atoms. The summed E-state index contributed by atoms with van der Waals surface area (Å²) in [5, 5.41) is 3.75. The van der Waals surface area contributed by atoms with Crippen LogP contribution in [0.2, 0.25) is 10.2 Å². The number of rotatable bonds is 2. The van der Waals surface area contributed by atoms with E-state index in [2.05, 4.69) is 10.3 Å². The van der Waals surface area contributed by atoms with Crippen LogP contribution < -0.4 is 5.32 Å². The molecule has 0 saturated carbocycles. The predicted molar refractivity (Wildman–Crippen MR) is 78.1 cm³/mol. The van der Waals surface area contributed by atoms with Gasteiger partial charge in [-0.3, -0.25) is 4.79 Å². The van der Waals surface area contributed by atoms with E-state index in [1.54, 1.807) is 31.2 Å². The van der Waals surface area contributed by atoms with E-state index in [0.29, 0.717) is 27.1 Å². The zero-order valence-corrected chi connectivity index (χ0v) is 12.0. The van der Waals surface area contributed by atoms with Gasteiger partial charge in [-0.05, 0) is 43.7 Å². The fourth-order valence-electron chi connectivity index (χ4n) is 1.59. The molecular weight excluding hydrogens is 283 g/mol. The first-order chi connectivity index (χ1) is 8.97. The number of carbonyl (C=O) groups is 1. The van der Waals surface area contributed by atoms with Gasteiger partial charge in [-0.2, -0.15) is 0 Å². The molecule has 98 valence electrons. The van der Waals surface area contributed by atoms with E-state index in [0.717, 1.165) is 5.56 Å². The van der Waals surface area contributed by atoms with Crippen molar-refractivity contribution < 1.29 is 4.79 Å². The SMILES string of the molecule is Cc1ccc(C(=O)Nc2ccc(Cl)nc2C)cc1Cl. The molecule has 1 aromatic carbocycles. The molecule has 1 amide bonds. The molecule has 0 saturated heterocycles. The van der Waals surface area contributed by atoms with Crippen LogP contribution in [0.15, 0.2) is 30.3 Å². The minimum Gasteiger partial charge on any atom is -0.320 e. The van der Waals surface area contributed by atoms with Gasteiger partial charge in [-0.15, -0.1) is 0 Å². The standard InChI is InChI=1S/C14H12Cl2N2O/c1-8-3-4-10(7-11(8)15)14(19)18-12-5-6-13(16)17-9(12)2/h3-7H,1-2H3,(H,18,19). The van der Waals surface area contributed by atoms with Crippen LogP contribution in [0.25, 0.3) is 0 Å². The molecule has 0 radical (unpaired) electrons. The molecule has 0 unspecified atom stereocenters. The first-order valence-electron chi connectivity index (χ1n) is 5.68. The Morgan fingerprint density at radius 2 is 1.89 bits per heavy atom. The number of nitrogens with zero attached hydrogens (tertiary/aromatic N) is 1. The monoisotopic (exact) mass is 294 g/mol. The van der Waals surface area contributed by atoms with Crippen LogP contribution >= 0.6 is 23.2 Å². The second-order valence-electron chi connectivity index (χ2n) is 4.19. The van der Waals surface area contributed by atoms with Gasteiger partial charge in [0.05, 0.1) is 11.4 Å². The summed E-state index contributed by atoms with van der Waals surface area (Å²) in [4.78, 5) is 16.2. The molecule has 19 heavy (non-hydrogen) atoms. The second kappa shape index (κ2) is 5.59. The summed E-state index contributed by atoms with van der Waals surface area (Å²) in [5.74, 6) is -0.228. The molecule has 0 atom stereocenters. The fourth-order valence-corrected chi connectivity index (χ4v) is 1.96. The maximum atomic E-state index is 12.1. The van der Waals surface area contributed by atoms with Crippen molar-refractivity contribution in [2.24, 2.45) is 0 Å². The number of aromatic nitrogens is 1. The second-order valence-corrected chi connectivity index (χ2v) is 4.98. The highest BCUT2D eigenvalue weighted by molar-refractivity contribution is 6.31. The minimum absolute atomic E-state index is 0.228. The zero-order chi connectivity index (χ0) is 14.0. The average molecular weight is 295 g/mol. The number of amides is 1. The van der Waals surface area contributed by atoms with Crippen molar-refractivity contribution in [3.63, 3.8) is 0 Å². The Morgan fingerprint density at radius 3 is 2.53 bits per heavy atom. The van der Waals surface area contributed by atoms with Crippen LogP contribution in [0.1, 0.15) is 21.6 Å². The summed E-state index contributed by atoms with van der Waals surface area (Å²) in [5.41, 5.74) is 2.73. The molecule has 2 rings (SSSR count). The third kappa shape index (κ3) is 3.25. The molecule has 2 aromatic rings. The van der Waals surface area contributed by atoms with Crippen LogP contribution in [0.3, 0.4) is 0 Å². The van der Waals surface area contributed by atoms with Gasteiger partial charge in [-0.25, -0.2) is 4.98 Å². The first kappa shape index (κ1) is 13.8. The predicted octanol–water partition coefficient (Wildman–Crippen LogP) is 4.26. The molecule has 3 nitrogen and oxygen atoms in total. The van der Waals surface area contributed by atoms with Crippen LogP contribution in [0, 0.1) is 13.8 Å². The number of pyridine rings is 1. The van der Waals surface area contributed by atoms with Crippen molar-refractivity contribution in [3.8, 4) is 0 Å². The summed E-state index contributed by atoms with van der Waals surface area (Å²) in [6, 6.07) is 8.54. The Morgan fingerprint density at radius 1 is 1.16 bits per heavy atom. The number of carbonyl (C=O) groups excluding carboxylic acids is 1. The minimum atomic E-state index is -0.228. The highest BCUT2D eigenvalue weighted by Crippen LogP contribution is 2.19. The van der Waals surface area contributed by atoms with Gasteiger partial charge in [0.1, 0.15) is 5.15 Å². The molecule has 1 N–H and O–H groups in total. The summed E-state index contributed by atoms with van der Waals surface area (Å²) in [6.45, 7) is 3.67. The molecular formula is C14H12Cl2N2O. The molecule has 1 heterocycles. The molecule has 0 aliphatic heterocycles. The quantitative estimate of drug-likeness (QED) is 0.841. The van der Waals surface area contributed by atoms with Gasteiger partial charge < -0.3 is 5.32 Å². The van der Waals surface area contributed by atoms with Gasteiger partial charge in [0, 0.05) is 10.6 Å². The lowest BCUT2D eigenvalue weighted by molar-refractivity contribution is 0.102. The van der Waals surface area contributed by atoms with E-state index in [9.17, 15) is 4.79 Å². The van der Waals surface area contributed by atoms with Crippen molar-refractivity contribution in [2.75, 3.05) is 5.32 Å². The smallest absolute Gasteiger partial charge is 0.255 e. The Balaban J connectivity index is 2.23. The van der Waals surface area contributed by atoms with Gasteiger partial charge in [0.25, 0.3) is 5.91 Å². The molecule has 5 heteroatoms. The van der Waals surface area contributed by atoms with E-state index in [1.165, 1.54) is 0 Å². The van der Waals surface area contributed by atoms with E-state index in [4.69, 9.17) is 23.2 Å². The number of hydrogen-bond donors (Lipinski definition) is 1. The molecule has 1 aromatic heterocycles. The van der Waals surface area contributed by atoms with Crippen molar-refractivity contribution in [1.29, 1.82) is 0 Å². The number of anilines is 1. The third-order valence-corrected chi connectivity index (χ3v) is 3.35. The van der Waals surface area contributed by atoms with Gasteiger partial charge in [-0.1, -0.05) is 29.3 Å². The molecule has 0 fully saturated rings. The normalized spacial score (nSPS) is 10.3. The Bertz CT molecular complexity index is 641. The molecule has 0 aliphatic carbocycles. The van der Waals surface area contributed by atoms with Crippen LogP contribution in [-0.2, 0) is 0 Å². The van der Waals surface area contributed by atoms with Crippen molar-refractivity contribution in [3.05, 3.63) is 57.3 Å². The number of hydrogen-bond acceptors (Lipinski definition) is 2. The van der Waals surface area contributed by atoms with Gasteiger partial charge in [0.15, 0.2) is 0 Å². The summed E-state index contributed by atoms with van der Waals surface area (Å²) in [7, 11) is 0. The fraction of sp³-hybridized carbons (Fsp3) is 0.143. The lowest BCUT2D eigenvalue weighted by atomic mass is 10.1. The highest BCUT2D eigenvalue weighted by Gasteiger charge is 2.09. The molecule has 0 aliphatic rings. The largest absolute Gasteiger partial charge is 0.320 e. The van der Waals surface area contributed by atoms with Crippen molar-refractivity contribution in [2.45, 2.75) is 13.8 Å². The molecule has 0 bridgehead atoms. The number of nitrogens with one attached hydrogen (secondary N) is 1. The van der Waals surface area contributed by atoms with E-state index < -0.39 is 0 Å². The van der Waals surface area contributed by atoms with Crippen LogP contribution in [-0.4, -0.2) is 10.9 Å². The van der Waals surface area contributed by atoms with Gasteiger partial charge >= 0.3 is 0 Å². The van der Waals surface area contributed by atoms with E-state index >= 15 is 0 Å². The van der Waals surface area contributed by atoms with Crippen molar-refractivity contribution >= 4 is 34.8 Å². The van der Waals surface area contributed by atoms with Crippen LogP contribution in [0.5, 0.6) is 0 Å². The highest BCUT2D eigenvalue weighted by atomic mass is 35.5. The van der Waals surface area contributed by atoms with E-state index in [1.807, 2.05) is 13.0 Å². The number of aryl methyl sites for hydroxylation is 2. The summed E-state index contributed by atoms with van der Waals surface area (Å²) < 4.78 is 0. The lowest BCUT2D eigenvalue weighted by Gasteiger charge is -2.08. The maximum absolute atomic E-state index is 12.1. The summed E-state index contributed by atoms with van der Waals surface area (Å²) in [6.07, 6.45) is 0. The Labute approximate surface area is 121 Å².